The number of rotatable bonds is 6. The molecule has 2 unspecified atom stereocenters. The second-order valence-corrected chi connectivity index (χ2v) is 5.84. The van der Waals surface area contributed by atoms with Crippen LogP contribution in [0.3, 0.4) is 0 Å². The summed E-state index contributed by atoms with van der Waals surface area (Å²) in [5.41, 5.74) is 0.710. The van der Waals surface area contributed by atoms with Gasteiger partial charge in [0.1, 0.15) is 0 Å². The fourth-order valence-electron chi connectivity index (χ4n) is 2.74. The summed E-state index contributed by atoms with van der Waals surface area (Å²) in [6.45, 7) is 6.98. The number of nitro benzene ring substituents is 1. The molecule has 1 N–H and O–H groups in total. The van der Waals surface area contributed by atoms with E-state index in [1.165, 1.54) is 13.2 Å². The molecule has 0 heterocycles. The van der Waals surface area contributed by atoms with E-state index < -0.39 is 4.92 Å². The molecule has 0 amide bonds. The van der Waals surface area contributed by atoms with Gasteiger partial charge in [0.05, 0.1) is 18.1 Å². The molecule has 0 radical (unpaired) electrons. The van der Waals surface area contributed by atoms with Crippen molar-refractivity contribution in [3.05, 3.63) is 28.3 Å². The van der Waals surface area contributed by atoms with Crippen LogP contribution in [0.15, 0.2) is 18.2 Å². The van der Waals surface area contributed by atoms with Crippen molar-refractivity contribution in [2.45, 2.75) is 39.3 Å². The summed E-state index contributed by atoms with van der Waals surface area (Å²) >= 11 is 0. The Bertz CT molecular complexity index is 530. The van der Waals surface area contributed by atoms with Gasteiger partial charge in [0.2, 0.25) is 0 Å². The number of hydrogen-bond donors (Lipinski definition) is 1. The largest absolute Gasteiger partial charge is 0.490 e. The lowest BCUT2D eigenvalue weighted by Crippen LogP contribution is -2.58. The quantitative estimate of drug-likeness (QED) is 0.644. The van der Waals surface area contributed by atoms with Gasteiger partial charge >= 0.3 is 5.69 Å². The van der Waals surface area contributed by atoms with Crippen molar-refractivity contribution in [3.8, 4) is 5.75 Å². The van der Waals surface area contributed by atoms with Gasteiger partial charge in [-0.1, -0.05) is 13.8 Å². The lowest BCUT2D eigenvalue weighted by Gasteiger charge is -2.52. The third-order valence-electron chi connectivity index (χ3n) is 4.26. The molecule has 0 aliphatic heterocycles. The number of nitrogens with one attached hydrogen (secondary N) is 1. The second kappa shape index (κ2) is 5.89. The first-order valence-electron chi connectivity index (χ1n) is 7.10. The van der Waals surface area contributed by atoms with E-state index in [0.29, 0.717) is 6.61 Å². The van der Waals surface area contributed by atoms with Gasteiger partial charge in [-0.2, -0.15) is 0 Å². The van der Waals surface area contributed by atoms with Gasteiger partial charge in [0.25, 0.3) is 0 Å². The van der Waals surface area contributed by atoms with Crippen LogP contribution in [0.4, 0.5) is 11.4 Å². The molecule has 1 aromatic carbocycles. The molecule has 6 heteroatoms. The Morgan fingerprint density at radius 1 is 1.48 bits per heavy atom. The van der Waals surface area contributed by atoms with Crippen LogP contribution >= 0.6 is 0 Å². The predicted octanol–water partition coefficient (Wildman–Crippen LogP) is 3.22. The molecule has 116 valence electrons. The van der Waals surface area contributed by atoms with Crippen molar-refractivity contribution >= 4 is 11.4 Å². The molecule has 0 bridgehead atoms. The third kappa shape index (κ3) is 2.95. The Balaban J connectivity index is 2.11. The fraction of sp³-hybridized carbons (Fsp3) is 0.600. The van der Waals surface area contributed by atoms with Gasteiger partial charge < -0.3 is 14.8 Å². The first kappa shape index (κ1) is 15.6. The lowest BCUT2D eigenvalue weighted by atomic mass is 9.64. The number of nitro groups is 1. The number of nitrogens with zero attached hydrogens (tertiary/aromatic N) is 1. The highest BCUT2D eigenvalue weighted by atomic mass is 16.6. The van der Waals surface area contributed by atoms with E-state index in [-0.39, 0.29) is 29.0 Å². The van der Waals surface area contributed by atoms with Crippen molar-refractivity contribution in [3.63, 3.8) is 0 Å². The number of methoxy groups -OCH3 is 1. The molecule has 1 saturated carbocycles. The van der Waals surface area contributed by atoms with Crippen LogP contribution in [0.25, 0.3) is 0 Å². The molecular formula is C15H22N2O4. The average Bonchev–Trinajstić information content (AvgIpc) is 2.46. The van der Waals surface area contributed by atoms with E-state index in [9.17, 15) is 10.1 Å². The van der Waals surface area contributed by atoms with Crippen molar-refractivity contribution in [2.75, 3.05) is 19.0 Å². The summed E-state index contributed by atoms with van der Waals surface area (Å²) < 4.78 is 10.7. The minimum absolute atomic E-state index is 0.00468. The highest BCUT2D eigenvalue weighted by molar-refractivity contribution is 5.59. The van der Waals surface area contributed by atoms with Gasteiger partial charge in [-0.3, -0.25) is 10.1 Å². The van der Waals surface area contributed by atoms with E-state index in [4.69, 9.17) is 9.47 Å². The SMILES string of the molecule is CCOC1CC(Nc2ccc(OC)c([N+](=O)[O-])c2)C1(C)C. The van der Waals surface area contributed by atoms with E-state index in [2.05, 4.69) is 19.2 Å². The van der Waals surface area contributed by atoms with E-state index in [0.717, 1.165) is 12.1 Å². The molecule has 21 heavy (non-hydrogen) atoms. The third-order valence-corrected chi connectivity index (χ3v) is 4.26. The van der Waals surface area contributed by atoms with Crippen molar-refractivity contribution in [1.29, 1.82) is 0 Å². The maximum absolute atomic E-state index is 11.0. The molecule has 1 fully saturated rings. The molecule has 2 rings (SSSR count). The molecule has 6 nitrogen and oxygen atoms in total. The van der Waals surface area contributed by atoms with Crippen molar-refractivity contribution < 1.29 is 14.4 Å². The highest BCUT2D eigenvalue weighted by Crippen LogP contribution is 2.44. The maximum Gasteiger partial charge on any atom is 0.312 e. The first-order valence-corrected chi connectivity index (χ1v) is 7.10. The zero-order valence-corrected chi connectivity index (χ0v) is 12.9. The lowest BCUT2D eigenvalue weighted by molar-refractivity contribution is -0.385. The molecule has 1 aliphatic carbocycles. The monoisotopic (exact) mass is 294 g/mol. The van der Waals surface area contributed by atoms with Crippen LogP contribution in [0.5, 0.6) is 5.75 Å². The van der Waals surface area contributed by atoms with E-state index in [1.807, 2.05) is 6.92 Å². The number of benzene rings is 1. The van der Waals surface area contributed by atoms with Gasteiger partial charge in [-0.15, -0.1) is 0 Å². The zero-order valence-electron chi connectivity index (χ0n) is 12.9. The first-order chi connectivity index (χ1) is 9.90. The summed E-state index contributed by atoms with van der Waals surface area (Å²) in [5.74, 6) is 0.269. The number of anilines is 1. The van der Waals surface area contributed by atoms with Crippen LogP contribution < -0.4 is 10.1 Å². The Morgan fingerprint density at radius 3 is 2.71 bits per heavy atom. The molecule has 0 saturated heterocycles. The summed E-state index contributed by atoms with van der Waals surface area (Å²) in [5, 5.41) is 14.4. The Kier molecular flexibility index (Phi) is 4.37. The normalized spacial score (nSPS) is 23.2. The average molecular weight is 294 g/mol. The zero-order chi connectivity index (χ0) is 15.6. The van der Waals surface area contributed by atoms with E-state index >= 15 is 0 Å². The second-order valence-electron chi connectivity index (χ2n) is 5.84. The Morgan fingerprint density at radius 2 is 2.19 bits per heavy atom. The molecule has 0 aromatic heterocycles. The van der Waals surface area contributed by atoms with Crippen molar-refractivity contribution in [2.24, 2.45) is 5.41 Å². The van der Waals surface area contributed by atoms with Crippen LogP contribution in [-0.4, -0.2) is 30.8 Å². The molecular weight excluding hydrogens is 272 g/mol. The van der Waals surface area contributed by atoms with Crippen LogP contribution in [-0.2, 0) is 4.74 Å². The minimum Gasteiger partial charge on any atom is -0.490 e. The van der Waals surface area contributed by atoms with Crippen LogP contribution in [0, 0.1) is 15.5 Å². The van der Waals surface area contributed by atoms with E-state index in [1.54, 1.807) is 12.1 Å². The molecule has 1 aromatic rings. The summed E-state index contributed by atoms with van der Waals surface area (Å²) in [4.78, 5) is 10.6. The van der Waals surface area contributed by atoms with Crippen LogP contribution in [0.1, 0.15) is 27.2 Å². The van der Waals surface area contributed by atoms with Crippen LogP contribution in [0.2, 0.25) is 0 Å². The highest BCUT2D eigenvalue weighted by Gasteiger charge is 2.48. The van der Waals surface area contributed by atoms with Gasteiger partial charge in [0.15, 0.2) is 5.75 Å². The van der Waals surface area contributed by atoms with Gasteiger partial charge in [-0.05, 0) is 25.5 Å². The summed E-state index contributed by atoms with van der Waals surface area (Å²) in [6.07, 6.45) is 1.13. The summed E-state index contributed by atoms with van der Waals surface area (Å²) in [7, 11) is 1.43. The van der Waals surface area contributed by atoms with Gasteiger partial charge in [-0.25, -0.2) is 0 Å². The Labute approximate surface area is 124 Å². The molecule has 1 aliphatic rings. The molecule has 2 atom stereocenters. The predicted molar refractivity (Wildman–Crippen MR) is 80.9 cm³/mol. The topological polar surface area (TPSA) is 73.6 Å². The smallest absolute Gasteiger partial charge is 0.312 e. The number of ether oxygens (including phenoxy) is 2. The minimum atomic E-state index is -0.432. The van der Waals surface area contributed by atoms with Crippen molar-refractivity contribution in [1.82, 2.24) is 0 Å². The summed E-state index contributed by atoms with van der Waals surface area (Å²) in [6, 6.07) is 5.17. The number of hydrogen-bond acceptors (Lipinski definition) is 5. The van der Waals surface area contributed by atoms with Gasteiger partial charge in [0, 0.05) is 29.8 Å². The standard InChI is InChI=1S/C15H22N2O4/c1-5-21-14-9-13(15(14,2)3)16-10-6-7-12(20-4)11(8-10)17(18)19/h6-8,13-14,16H,5,9H2,1-4H3. The maximum atomic E-state index is 11.0. The Hall–Kier alpha value is -1.82. The fourth-order valence-corrected chi connectivity index (χ4v) is 2.74. The molecule has 0 spiro atoms.